The van der Waals surface area contributed by atoms with Crippen molar-refractivity contribution in [3.63, 3.8) is 0 Å². The van der Waals surface area contributed by atoms with Crippen LogP contribution in [0.15, 0.2) is 53.4 Å². The molecule has 0 spiro atoms. The number of H-pyrrole nitrogens is 1. The lowest BCUT2D eigenvalue weighted by Gasteiger charge is -2.05. The van der Waals surface area contributed by atoms with Crippen LogP contribution < -0.4 is 5.32 Å². The molecule has 0 fully saturated rings. The van der Waals surface area contributed by atoms with E-state index in [-0.39, 0.29) is 11.7 Å². The molecular weight excluding hydrogens is 299 g/mol. The molecule has 22 heavy (non-hydrogen) atoms. The summed E-state index contributed by atoms with van der Waals surface area (Å²) >= 11 is 1.50. The first-order valence-corrected chi connectivity index (χ1v) is 7.87. The molecule has 112 valence electrons. The Balaban J connectivity index is 1.67. The Hall–Kier alpha value is -2.27. The van der Waals surface area contributed by atoms with E-state index in [1.165, 1.54) is 23.9 Å². The van der Waals surface area contributed by atoms with Gasteiger partial charge in [0.25, 0.3) is 0 Å². The zero-order valence-electron chi connectivity index (χ0n) is 12.0. The molecule has 0 aliphatic carbocycles. The Morgan fingerprint density at radius 3 is 2.68 bits per heavy atom. The van der Waals surface area contributed by atoms with Crippen LogP contribution in [0.25, 0.3) is 10.9 Å². The Kier molecular flexibility index (Phi) is 4.15. The van der Waals surface area contributed by atoms with E-state index in [1.807, 2.05) is 31.2 Å². The second-order valence-electron chi connectivity index (χ2n) is 4.97. The van der Waals surface area contributed by atoms with Gasteiger partial charge in [-0.25, -0.2) is 4.39 Å². The van der Waals surface area contributed by atoms with Gasteiger partial charge < -0.3 is 10.3 Å². The third-order valence-corrected chi connectivity index (χ3v) is 4.53. The standard InChI is InChI=1S/C17H15FN2OS/c1-11-17(14-4-2-3-5-15(14)19-11)22-10-16(21)20-13-8-6-12(18)7-9-13/h2-9,19H,10H2,1H3,(H,20,21). The van der Waals surface area contributed by atoms with Gasteiger partial charge in [-0.2, -0.15) is 0 Å². The first kappa shape index (κ1) is 14.7. The zero-order chi connectivity index (χ0) is 15.5. The first-order chi connectivity index (χ1) is 10.6. The zero-order valence-corrected chi connectivity index (χ0v) is 12.8. The minimum Gasteiger partial charge on any atom is -0.358 e. The van der Waals surface area contributed by atoms with Crippen molar-refractivity contribution in [1.29, 1.82) is 0 Å². The average molecular weight is 314 g/mol. The molecule has 3 nitrogen and oxygen atoms in total. The molecular formula is C17H15FN2OS. The summed E-state index contributed by atoms with van der Waals surface area (Å²) in [6, 6.07) is 13.8. The average Bonchev–Trinajstić information content (AvgIpc) is 2.83. The number of anilines is 1. The van der Waals surface area contributed by atoms with E-state index in [2.05, 4.69) is 10.3 Å². The van der Waals surface area contributed by atoms with Crippen molar-refractivity contribution in [1.82, 2.24) is 4.98 Å². The fourth-order valence-electron chi connectivity index (χ4n) is 2.30. The van der Waals surface area contributed by atoms with Crippen LogP contribution in [-0.4, -0.2) is 16.6 Å². The van der Waals surface area contributed by atoms with Crippen LogP contribution in [0.4, 0.5) is 10.1 Å². The second-order valence-corrected chi connectivity index (χ2v) is 5.95. The van der Waals surface area contributed by atoms with E-state index in [1.54, 1.807) is 12.1 Å². The minimum atomic E-state index is -0.318. The van der Waals surface area contributed by atoms with Crippen molar-refractivity contribution in [3.05, 3.63) is 60.0 Å². The monoisotopic (exact) mass is 314 g/mol. The molecule has 0 saturated carbocycles. The number of para-hydroxylation sites is 1. The van der Waals surface area contributed by atoms with Crippen LogP contribution in [0.2, 0.25) is 0 Å². The van der Waals surface area contributed by atoms with Crippen LogP contribution in [0.1, 0.15) is 5.69 Å². The smallest absolute Gasteiger partial charge is 0.234 e. The van der Waals surface area contributed by atoms with Gasteiger partial charge >= 0.3 is 0 Å². The lowest BCUT2D eigenvalue weighted by atomic mass is 10.2. The summed E-state index contributed by atoms with van der Waals surface area (Å²) in [4.78, 5) is 16.4. The van der Waals surface area contributed by atoms with Gasteiger partial charge in [0.15, 0.2) is 0 Å². The number of carbonyl (C=O) groups excluding carboxylic acids is 1. The first-order valence-electron chi connectivity index (χ1n) is 6.89. The Labute approximate surface area is 131 Å². The van der Waals surface area contributed by atoms with Crippen LogP contribution >= 0.6 is 11.8 Å². The molecule has 3 aromatic rings. The molecule has 0 aliphatic heterocycles. The highest BCUT2D eigenvalue weighted by molar-refractivity contribution is 8.00. The number of fused-ring (bicyclic) bond motifs is 1. The van der Waals surface area contributed by atoms with Crippen LogP contribution in [0, 0.1) is 12.7 Å². The number of aromatic amines is 1. The number of nitrogens with one attached hydrogen (secondary N) is 2. The third-order valence-electron chi connectivity index (χ3n) is 3.31. The van der Waals surface area contributed by atoms with Gasteiger partial charge in [-0.05, 0) is 37.3 Å². The molecule has 5 heteroatoms. The van der Waals surface area contributed by atoms with E-state index in [9.17, 15) is 9.18 Å². The van der Waals surface area contributed by atoms with E-state index in [0.29, 0.717) is 11.4 Å². The number of carbonyl (C=O) groups is 1. The largest absolute Gasteiger partial charge is 0.358 e. The van der Waals surface area contributed by atoms with Gasteiger partial charge in [-0.15, -0.1) is 11.8 Å². The van der Waals surface area contributed by atoms with E-state index in [0.717, 1.165) is 21.5 Å². The number of rotatable bonds is 4. The molecule has 1 amide bonds. The van der Waals surface area contributed by atoms with Crippen molar-refractivity contribution in [2.45, 2.75) is 11.8 Å². The van der Waals surface area contributed by atoms with Crippen molar-refractivity contribution in [2.75, 3.05) is 11.1 Å². The molecule has 0 aliphatic rings. The molecule has 3 rings (SSSR count). The summed E-state index contributed by atoms with van der Waals surface area (Å²) in [5, 5.41) is 3.89. The SMILES string of the molecule is Cc1[nH]c2ccccc2c1SCC(=O)Nc1ccc(F)cc1. The summed E-state index contributed by atoms with van der Waals surface area (Å²) < 4.78 is 12.8. The number of halogens is 1. The molecule has 1 heterocycles. The maximum atomic E-state index is 12.8. The number of thioether (sulfide) groups is 1. The number of aryl methyl sites for hydroxylation is 1. The van der Waals surface area contributed by atoms with Gasteiger partial charge in [0.2, 0.25) is 5.91 Å². The Bertz CT molecular complexity index is 811. The molecule has 0 atom stereocenters. The highest BCUT2D eigenvalue weighted by atomic mass is 32.2. The molecule has 0 radical (unpaired) electrons. The van der Waals surface area contributed by atoms with Crippen molar-refractivity contribution < 1.29 is 9.18 Å². The van der Waals surface area contributed by atoms with Gasteiger partial charge in [-0.3, -0.25) is 4.79 Å². The molecule has 0 saturated heterocycles. The number of hydrogen-bond acceptors (Lipinski definition) is 2. The number of aromatic nitrogens is 1. The van der Waals surface area contributed by atoms with Crippen LogP contribution in [0.3, 0.4) is 0 Å². The number of hydrogen-bond donors (Lipinski definition) is 2. The highest BCUT2D eigenvalue weighted by Crippen LogP contribution is 2.31. The summed E-state index contributed by atoms with van der Waals surface area (Å²) in [5.41, 5.74) is 2.73. The Morgan fingerprint density at radius 2 is 1.91 bits per heavy atom. The minimum absolute atomic E-state index is 0.110. The molecule has 2 N–H and O–H groups in total. The molecule has 2 aromatic carbocycles. The lowest BCUT2D eigenvalue weighted by molar-refractivity contribution is -0.113. The van der Waals surface area contributed by atoms with Crippen molar-refractivity contribution >= 4 is 34.3 Å². The van der Waals surface area contributed by atoms with Gasteiger partial charge in [0.1, 0.15) is 5.82 Å². The summed E-state index contributed by atoms with van der Waals surface area (Å²) in [7, 11) is 0. The maximum absolute atomic E-state index is 12.8. The number of benzene rings is 2. The summed E-state index contributed by atoms with van der Waals surface area (Å²) in [6.45, 7) is 2.00. The molecule has 0 unspecified atom stereocenters. The van der Waals surface area contributed by atoms with Crippen LogP contribution in [-0.2, 0) is 4.79 Å². The van der Waals surface area contributed by atoms with Gasteiger partial charge in [-0.1, -0.05) is 18.2 Å². The maximum Gasteiger partial charge on any atom is 0.234 e. The predicted molar refractivity (Wildman–Crippen MR) is 88.8 cm³/mol. The van der Waals surface area contributed by atoms with Crippen LogP contribution in [0.5, 0.6) is 0 Å². The molecule has 1 aromatic heterocycles. The Morgan fingerprint density at radius 1 is 1.18 bits per heavy atom. The predicted octanol–water partition coefficient (Wildman–Crippen LogP) is 4.35. The highest BCUT2D eigenvalue weighted by Gasteiger charge is 2.11. The summed E-state index contributed by atoms with van der Waals surface area (Å²) in [6.07, 6.45) is 0. The van der Waals surface area contributed by atoms with E-state index < -0.39 is 0 Å². The van der Waals surface area contributed by atoms with E-state index >= 15 is 0 Å². The number of amides is 1. The lowest BCUT2D eigenvalue weighted by Crippen LogP contribution is -2.13. The molecule has 0 bridgehead atoms. The topological polar surface area (TPSA) is 44.9 Å². The quantitative estimate of drug-likeness (QED) is 0.703. The van der Waals surface area contributed by atoms with Gasteiger partial charge in [0, 0.05) is 27.2 Å². The fraction of sp³-hybridized carbons (Fsp3) is 0.118. The fourth-order valence-corrected chi connectivity index (χ4v) is 3.25. The van der Waals surface area contributed by atoms with Gasteiger partial charge in [0.05, 0.1) is 5.75 Å². The summed E-state index contributed by atoms with van der Waals surface area (Å²) in [5.74, 6) is -0.122. The van der Waals surface area contributed by atoms with Crippen molar-refractivity contribution in [3.8, 4) is 0 Å². The third kappa shape index (κ3) is 3.14. The van der Waals surface area contributed by atoms with E-state index in [4.69, 9.17) is 0 Å². The van der Waals surface area contributed by atoms with Crippen molar-refractivity contribution in [2.24, 2.45) is 0 Å². The normalized spacial score (nSPS) is 10.8. The second kappa shape index (κ2) is 6.23.